The van der Waals surface area contributed by atoms with Crippen LogP contribution in [0.25, 0.3) is 0 Å². The van der Waals surface area contributed by atoms with Gasteiger partial charge in [0.25, 0.3) is 0 Å². The zero-order valence-corrected chi connectivity index (χ0v) is 20.7. The number of benzene rings is 2. The van der Waals surface area contributed by atoms with Gasteiger partial charge in [-0.15, -0.1) is 0 Å². The summed E-state index contributed by atoms with van der Waals surface area (Å²) < 4.78 is 10.9. The van der Waals surface area contributed by atoms with Crippen molar-refractivity contribution in [3.8, 4) is 5.75 Å². The molecule has 3 N–H and O–H groups in total. The second-order valence-corrected chi connectivity index (χ2v) is 9.51. The monoisotopic (exact) mass is 495 g/mol. The molecular formula is C27H33N3O6. The Morgan fingerprint density at radius 2 is 1.72 bits per heavy atom. The van der Waals surface area contributed by atoms with Crippen molar-refractivity contribution < 1.29 is 29.0 Å². The van der Waals surface area contributed by atoms with Crippen molar-refractivity contribution in [2.24, 2.45) is 11.8 Å². The highest BCUT2D eigenvalue weighted by Gasteiger charge is 2.31. The molecule has 1 aliphatic heterocycles. The first-order chi connectivity index (χ1) is 17.3. The molecule has 0 aromatic heterocycles. The third-order valence-corrected chi connectivity index (χ3v) is 7.15. The van der Waals surface area contributed by atoms with Gasteiger partial charge in [-0.05, 0) is 73.4 Å². The molecule has 2 aliphatic rings. The molecule has 2 aromatic rings. The minimum absolute atomic E-state index is 0.139. The number of carboxylic acid groups (broad SMARTS) is 1. The molecule has 1 aliphatic carbocycles. The number of nitrogens with zero attached hydrogens (tertiary/aromatic N) is 1. The highest BCUT2D eigenvalue weighted by Crippen LogP contribution is 2.32. The first-order valence-electron chi connectivity index (χ1n) is 12.3. The summed E-state index contributed by atoms with van der Waals surface area (Å²) in [4.78, 5) is 38.1. The van der Waals surface area contributed by atoms with Crippen LogP contribution in [0, 0.1) is 11.8 Å². The van der Waals surface area contributed by atoms with Crippen LogP contribution in [-0.2, 0) is 22.5 Å². The van der Waals surface area contributed by atoms with E-state index in [0.717, 1.165) is 24.0 Å². The summed E-state index contributed by atoms with van der Waals surface area (Å²) in [6.45, 7) is 2.74. The Morgan fingerprint density at radius 1 is 1.00 bits per heavy atom. The second-order valence-electron chi connectivity index (χ2n) is 9.51. The lowest BCUT2D eigenvalue weighted by Gasteiger charge is -2.33. The molecule has 0 bridgehead atoms. The van der Waals surface area contributed by atoms with E-state index in [4.69, 9.17) is 9.47 Å². The zero-order chi connectivity index (χ0) is 25.7. The number of nitrogens with one attached hydrogen (secondary N) is 2. The number of hydrogen-bond donors (Lipinski definition) is 3. The predicted molar refractivity (Wildman–Crippen MR) is 135 cm³/mol. The van der Waals surface area contributed by atoms with E-state index in [9.17, 15) is 19.5 Å². The Kier molecular flexibility index (Phi) is 7.97. The summed E-state index contributed by atoms with van der Waals surface area (Å²) in [5.74, 6) is -0.337. The number of aliphatic carboxylic acids is 1. The van der Waals surface area contributed by atoms with Crippen LogP contribution >= 0.6 is 0 Å². The summed E-state index contributed by atoms with van der Waals surface area (Å²) in [6, 6.07) is 12.5. The molecule has 9 heteroatoms. The molecule has 36 heavy (non-hydrogen) atoms. The van der Waals surface area contributed by atoms with Crippen LogP contribution in [-0.4, -0.2) is 47.9 Å². The Hall–Kier alpha value is -3.75. The third kappa shape index (κ3) is 6.27. The standard InChI is InChI=1S/C27H33N3O6/c1-17(25(31)32)18-7-10-23(11-8-18)36-27(34)30-13-12-19-14-22(9-6-20(19)16-30)29-26(33)28-21-4-3-5-24(15-21)35-2/h3-6,9,14-15,17-18,23H,7-8,10-13,16H2,1-2H3,(H,31,32)(H2,28,29,33)/t17?,18-,23-. The third-order valence-electron chi connectivity index (χ3n) is 7.15. The van der Waals surface area contributed by atoms with Gasteiger partial charge >= 0.3 is 18.1 Å². The maximum Gasteiger partial charge on any atom is 0.410 e. The number of anilines is 2. The van der Waals surface area contributed by atoms with Crippen LogP contribution in [0.4, 0.5) is 21.0 Å². The largest absolute Gasteiger partial charge is 0.497 e. The van der Waals surface area contributed by atoms with Crippen molar-refractivity contribution in [3.63, 3.8) is 0 Å². The topological polar surface area (TPSA) is 117 Å². The number of hydrogen-bond acceptors (Lipinski definition) is 5. The lowest BCUT2D eigenvalue weighted by molar-refractivity contribution is -0.143. The van der Waals surface area contributed by atoms with Crippen LogP contribution in [0.2, 0.25) is 0 Å². The van der Waals surface area contributed by atoms with Gasteiger partial charge in [0.05, 0.1) is 13.0 Å². The van der Waals surface area contributed by atoms with Crippen molar-refractivity contribution in [3.05, 3.63) is 53.6 Å². The van der Waals surface area contributed by atoms with E-state index in [2.05, 4.69) is 10.6 Å². The number of carbonyl (C=O) groups excluding carboxylic acids is 2. The second kappa shape index (κ2) is 11.3. The van der Waals surface area contributed by atoms with Gasteiger partial charge in [0.1, 0.15) is 11.9 Å². The smallest absolute Gasteiger partial charge is 0.410 e. The van der Waals surface area contributed by atoms with E-state index in [-0.39, 0.29) is 30.1 Å². The van der Waals surface area contributed by atoms with Gasteiger partial charge in [-0.3, -0.25) is 4.79 Å². The SMILES string of the molecule is COc1cccc(NC(=O)Nc2ccc3c(c2)CCN(C(=O)O[C@H]2CC[C@H](C(C)C(=O)O)CC2)C3)c1. The molecule has 1 atom stereocenters. The van der Waals surface area contributed by atoms with Crippen LogP contribution in [0.3, 0.4) is 0 Å². The van der Waals surface area contributed by atoms with Gasteiger partial charge in [-0.2, -0.15) is 0 Å². The molecule has 0 spiro atoms. The first kappa shape index (κ1) is 25.3. The average Bonchev–Trinajstić information content (AvgIpc) is 2.88. The van der Waals surface area contributed by atoms with Crippen molar-refractivity contribution >= 4 is 29.5 Å². The van der Waals surface area contributed by atoms with Crippen LogP contribution < -0.4 is 15.4 Å². The lowest BCUT2D eigenvalue weighted by Crippen LogP contribution is -2.39. The maximum atomic E-state index is 12.8. The fourth-order valence-corrected chi connectivity index (χ4v) is 4.91. The van der Waals surface area contributed by atoms with E-state index < -0.39 is 5.97 Å². The number of carbonyl (C=O) groups is 3. The number of amides is 3. The normalized spacial score (nSPS) is 20.0. The highest BCUT2D eigenvalue weighted by atomic mass is 16.6. The summed E-state index contributed by atoms with van der Waals surface area (Å²) in [7, 11) is 1.57. The molecule has 1 saturated carbocycles. The highest BCUT2D eigenvalue weighted by molar-refractivity contribution is 5.99. The van der Waals surface area contributed by atoms with Gasteiger partial charge in [0, 0.05) is 30.5 Å². The Labute approximate surface area is 210 Å². The van der Waals surface area contributed by atoms with Gasteiger partial charge in [0.15, 0.2) is 0 Å². The summed E-state index contributed by atoms with van der Waals surface area (Å²) in [6.07, 6.45) is 3.10. The molecule has 2 aromatic carbocycles. The Balaban J connectivity index is 1.27. The van der Waals surface area contributed by atoms with Crippen molar-refractivity contribution in [1.82, 2.24) is 4.90 Å². The number of fused-ring (bicyclic) bond motifs is 1. The van der Waals surface area contributed by atoms with Gasteiger partial charge < -0.3 is 30.1 Å². The zero-order valence-electron chi connectivity index (χ0n) is 20.7. The Morgan fingerprint density at radius 3 is 2.42 bits per heavy atom. The molecule has 0 radical (unpaired) electrons. The summed E-state index contributed by atoms with van der Waals surface area (Å²) in [5.41, 5.74) is 3.42. The molecule has 4 rings (SSSR count). The van der Waals surface area contributed by atoms with Gasteiger partial charge in [-0.25, -0.2) is 9.59 Å². The molecule has 192 valence electrons. The number of ether oxygens (including phenoxy) is 2. The minimum atomic E-state index is -0.765. The molecule has 3 amide bonds. The Bertz CT molecular complexity index is 1110. The number of urea groups is 1. The molecule has 9 nitrogen and oxygen atoms in total. The lowest BCUT2D eigenvalue weighted by atomic mass is 9.80. The van der Waals surface area contributed by atoms with Crippen LogP contribution in [0.1, 0.15) is 43.7 Å². The predicted octanol–water partition coefficient (Wildman–Crippen LogP) is 5.11. The fourth-order valence-electron chi connectivity index (χ4n) is 4.91. The minimum Gasteiger partial charge on any atom is -0.497 e. The number of carboxylic acids is 1. The average molecular weight is 496 g/mol. The molecule has 1 heterocycles. The van der Waals surface area contributed by atoms with E-state index in [1.807, 2.05) is 18.2 Å². The maximum absolute atomic E-state index is 12.8. The number of methoxy groups -OCH3 is 1. The first-order valence-corrected chi connectivity index (χ1v) is 12.3. The number of rotatable bonds is 6. The van der Waals surface area contributed by atoms with E-state index in [1.54, 1.807) is 43.2 Å². The molecular weight excluding hydrogens is 462 g/mol. The van der Waals surface area contributed by atoms with E-state index in [0.29, 0.717) is 49.5 Å². The quantitative estimate of drug-likeness (QED) is 0.512. The van der Waals surface area contributed by atoms with Gasteiger partial charge in [0.2, 0.25) is 0 Å². The van der Waals surface area contributed by atoms with Crippen molar-refractivity contribution in [1.29, 1.82) is 0 Å². The summed E-state index contributed by atoms with van der Waals surface area (Å²) in [5, 5.41) is 14.9. The molecule has 1 fully saturated rings. The van der Waals surface area contributed by atoms with Crippen molar-refractivity contribution in [2.45, 2.75) is 51.7 Å². The van der Waals surface area contributed by atoms with E-state index in [1.165, 1.54) is 0 Å². The van der Waals surface area contributed by atoms with Gasteiger partial charge in [-0.1, -0.05) is 19.1 Å². The molecule has 1 unspecified atom stereocenters. The van der Waals surface area contributed by atoms with E-state index >= 15 is 0 Å². The fraction of sp³-hybridized carbons (Fsp3) is 0.444. The molecule has 0 saturated heterocycles. The van der Waals surface area contributed by atoms with Crippen LogP contribution in [0.5, 0.6) is 5.75 Å². The summed E-state index contributed by atoms with van der Waals surface area (Å²) >= 11 is 0. The van der Waals surface area contributed by atoms with Crippen molar-refractivity contribution in [2.75, 3.05) is 24.3 Å². The van der Waals surface area contributed by atoms with Crippen LogP contribution in [0.15, 0.2) is 42.5 Å².